The Morgan fingerprint density at radius 3 is 2.32 bits per heavy atom. The molecule has 3 rings (SSSR count). The van der Waals surface area contributed by atoms with E-state index in [-0.39, 0.29) is 18.4 Å². The standard InChI is InChI=1S/C24H25F3N2O2/c1-18(20-8-5-13-28-14-20)29(15-19-6-3-2-4-7-19)16-22(30)17-31-23-11-9-21(10-12-23)24(25,26)27/h2-14,18,22,30H,15-17H2,1H3. The van der Waals surface area contributed by atoms with E-state index in [1.54, 1.807) is 12.4 Å². The molecule has 2 atom stereocenters. The third-order valence-electron chi connectivity index (χ3n) is 5.01. The van der Waals surface area contributed by atoms with E-state index < -0.39 is 17.8 Å². The number of ether oxygens (including phenoxy) is 1. The highest BCUT2D eigenvalue weighted by Crippen LogP contribution is 2.30. The van der Waals surface area contributed by atoms with Crippen molar-refractivity contribution in [3.8, 4) is 5.75 Å². The Hall–Kier alpha value is -2.90. The molecule has 3 aromatic rings. The van der Waals surface area contributed by atoms with Crippen LogP contribution in [0.4, 0.5) is 13.2 Å². The maximum absolute atomic E-state index is 12.7. The lowest BCUT2D eigenvalue weighted by molar-refractivity contribution is -0.137. The molecule has 2 aromatic carbocycles. The Balaban J connectivity index is 1.64. The van der Waals surface area contributed by atoms with E-state index >= 15 is 0 Å². The maximum Gasteiger partial charge on any atom is 0.416 e. The first-order chi connectivity index (χ1) is 14.8. The van der Waals surface area contributed by atoms with Crippen molar-refractivity contribution < 1.29 is 23.0 Å². The zero-order valence-corrected chi connectivity index (χ0v) is 17.2. The molecule has 0 amide bonds. The number of aliphatic hydroxyl groups excluding tert-OH is 1. The van der Waals surface area contributed by atoms with Gasteiger partial charge in [-0.05, 0) is 48.4 Å². The Labute approximate surface area is 179 Å². The smallest absolute Gasteiger partial charge is 0.416 e. The minimum Gasteiger partial charge on any atom is -0.491 e. The molecule has 164 valence electrons. The summed E-state index contributed by atoms with van der Waals surface area (Å²) in [4.78, 5) is 6.30. The van der Waals surface area contributed by atoms with Crippen LogP contribution < -0.4 is 4.74 Å². The second kappa shape index (κ2) is 10.4. The highest BCUT2D eigenvalue weighted by atomic mass is 19.4. The van der Waals surface area contributed by atoms with E-state index in [1.165, 1.54) is 12.1 Å². The summed E-state index contributed by atoms with van der Waals surface area (Å²) >= 11 is 0. The molecule has 0 saturated heterocycles. The van der Waals surface area contributed by atoms with Crippen molar-refractivity contribution in [1.29, 1.82) is 0 Å². The summed E-state index contributed by atoms with van der Waals surface area (Å²) in [6.45, 7) is 2.96. The van der Waals surface area contributed by atoms with E-state index in [0.717, 1.165) is 23.3 Å². The molecule has 0 spiro atoms. The van der Waals surface area contributed by atoms with Crippen molar-refractivity contribution in [2.45, 2.75) is 31.8 Å². The first-order valence-electron chi connectivity index (χ1n) is 9.99. The number of aliphatic hydroxyl groups is 1. The number of rotatable bonds is 9. The molecule has 2 unspecified atom stereocenters. The zero-order valence-electron chi connectivity index (χ0n) is 17.2. The number of nitrogens with zero attached hydrogens (tertiary/aromatic N) is 2. The van der Waals surface area contributed by atoms with E-state index in [9.17, 15) is 18.3 Å². The average molecular weight is 430 g/mol. The fraction of sp³-hybridized carbons (Fsp3) is 0.292. The summed E-state index contributed by atoms with van der Waals surface area (Å²) < 4.78 is 43.6. The summed E-state index contributed by atoms with van der Waals surface area (Å²) in [6, 6.07) is 18.2. The summed E-state index contributed by atoms with van der Waals surface area (Å²) in [7, 11) is 0. The fourth-order valence-electron chi connectivity index (χ4n) is 3.27. The van der Waals surface area contributed by atoms with Crippen LogP contribution in [0, 0.1) is 0 Å². The van der Waals surface area contributed by atoms with Crippen LogP contribution in [0.3, 0.4) is 0 Å². The van der Waals surface area contributed by atoms with Gasteiger partial charge in [0.25, 0.3) is 0 Å². The SMILES string of the molecule is CC(c1cccnc1)N(Cc1ccccc1)CC(O)COc1ccc(C(F)(F)F)cc1. The Bertz CT molecular complexity index is 919. The van der Waals surface area contributed by atoms with Gasteiger partial charge < -0.3 is 9.84 Å². The number of pyridine rings is 1. The van der Waals surface area contributed by atoms with Gasteiger partial charge in [0.15, 0.2) is 0 Å². The van der Waals surface area contributed by atoms with Crippen LogP contribution >= 0.6 is 0 Å². The Morgan fingerprint density at radius 2 is 1.71 bits per heavy atom. The first kappa shape index (κ1) is 22.8. The van der Waals surface area contributed by atoms with Gasteiger partial charge in [0.2, 0.25) is 0 Å². The second-order valence-electron chi connectivity index (χ2n) is 7.36. The number of hydrogen-bond donors (Lipinski definition) is 1. The number of halogens is 3. The number of benzene rings is 2. The second-order valence-corrected chi connectivity index (χ2v) is 7.36. The Morgan fingerprint density at radius 1 is 1.00 bits per heavy atom. The van der Waals surface area contributed by atoms with Crippen LogP contribution in [0.25, 0.3) is 0 Å². The fourth-order valence-corrected chi connectivity index (χ4v) is 3.27. The largest absolute Gasteiger partial charge is 0.491 e. The molecule has 0 fully saturated rings. The van der Waals surface area contributed by atoms with Gasteiger partial charge in [-0.3, -0.25) is 9.88 Å². The molecule has 31 heavy (non-hydrogen) atoms. The monoisotopic (exact) mass is 430 g/mol. The van der Waals surface area contributed by atoms with Crippen LogP contribution in [0.5, 0.6) is 5.75 Å². The van der Waals surface area contributed by atoms with E-state index in [4.69, 9.17) is 4.74 Å². The van der Waals surface area contributed by atoms with Crippen LogP contribution in [0.2, 0.25) is 0 Å². The molecule has 7 heteroatoms. The predicted molar refractivity (Wildman–Crippen MR) is 112 cm³/mol. The third-order valence-corrected chi connectivity index (χ3v) is 5.01. The van der Waals surface area contributed by atoms with Gasteiger partial charge in [-0.25, -0.2) is 0 Å². The minimum absolute atomic E-state index is 0.00498. The summed E-state index contributed by atoms with van der Waals surface area (Å²) in [5, 5.41) is 10.6. The van der Waals surface area contributed by atoms with Crippen molar-refractivity contribution in [3.05, 3.63) is 95.8 Å². The first-order valence-corrected chi connectivity index (χ1v) is 9.99. The molecule has 4 nitrogen and oxygen atoms in total. The van der Waals surface area contributed by atoms with Gasteiger partial charge in [-0.2, -0.15) is 13.2 Å². The van der Waals surface area contributed by atoms with Crippen molar-refractivity contribution in [3.63, 3.8) is 0 Å². The van der Waals surface area contributed by atoms with Crippen molar-refractivity contribution in [2.75, 3.05) is 13.2 Å². The number of alkyl halides is 3. The van der Waals surface area contributed by atoms with Crippen LogP contribution in [0.1, 0.15) is 29.7 Å². The van der Waals surface area contributed by atoms with Crippen LogP contribution in [0.15, 0.2) is 79.1 Å². The molecular weight excluding hydrogens is 405 g/mol. The number of aromatic nitrogens is 1. The molecular formula is C24H25F3N2O2. The lowest BCUT2D eigenvalue weighted by Crippen LogP contribution is -2.37. The minimum atomic E-state index is -4.39. The molecule has 0 aliphatic rings. The molecule has 0 aliphatic heterocycles. The molecule has 0 saturated carbocycles. The molecule has 1 aromatic heterocycles. The normalized spacial score (nSPS) is 13.7. The van der Waals surface area contributed by atoms with Crippen molar-refractivity contribution in [1.82, 2.24) is 9.88 Å². The summed E-state index contributed by atoms with van der Waals surface area (Å²) in [6.07, 6.45) is -1.71. The van der Waals surface area contributed by atoms with Crippen molar-refractivity contribution in [2.24, 2.45) is 0 Å². The van der Waals surface area contributed by atoms with E-state index in [2.05, 4.69) is 9.88 Å². The molecule has 0 radical (unpaired) electrons. The van der Waals surface area contributed by atoms with Gasteiger partial charge in [0.1, 0.15) is 18.5 Å². The lowest BCUT2D eigenvalue weighted by atomic mass is 10.1. The highest BCUT2D eigenvalue weighted by Gasteiger charge is 2.30. The lowest BCUT2D eigenvalue weighted by Gasteiger charge is -2.31. The highest BCUT2D eigenvalue weighted by molar-refractivity contribution is 5.28. The molecule has 0 aliphatic carbocycles. The maximum atomic E-state index is 12.7. The van der Waals surface area contributed by atoms with Gasteiger partial charge >= 0.3 is 6.18 Å². The molecule has 1 N–H and O–H groups in total. The molecule has 1 heterocycles. The Kier molecular flexibility index (Phi) is 7.65. The van der Waals surface area contributed by atoms with Gasteiger partial charge in [-0.1, -0.05) is 36.4 Å². The third kappa shape index (κ3) is 6.80. The summed E-state index contributed by atoms with van der Waals surface area (Å²) in [5.74, 6) is 0.280. The van der Waals surface area contributed by atoms with Gasteiger partial charge in [0.05, 0.1) is 5.56 Å². The number of hydrogen-bond acceptors (Lipinski definition) is 4. The average Bonchev–Trinajstić information content (AvgIpc) is 2.78. The summed E-state index contributed by atoms with van der Waals surface area (Å²) in [5.41, 5.74) is 1.39. The van der Waals surface area contributed by atoms with Crippen LogP contribution in [-0.2, 0) is 12.7 Å². The molecule has 0 bridgehead atoms. The van der Waals surface area contributed by atoms with E-state index in [0.29, 0.717) is 13.1 Å². The zero-order chi connectivity index (χ0) is 22.3. The quantitative estimate of drug-likeness (QED) is 0.513. The van der Waals surface area contributed by atoms with Gasteiger partial charge in [0, 0.05) is 31.5 Å². The van der Waals surface area contributed by atoms with Crippen molar-refractivity contribution >= 4 is 0 Å². The van der Waals surface area contributed by atoms with E-state index in [1.807, 2.05) is 49.4 Å². The van der Waals surface area contributed by atoms with Crippen LogP contribution in [-0.4, -0.2) is 34.2 Å². The van der Waals surface area contributed by atoms with Gasteiger partial charge in [-0.15, -0.1) is 0 Å². The topological polar surface area (TPSA) is 45.6 Å². The predicted octanol–water partition coefficient (Wildman–Crippen LogP) is 5.10.